The van der Waals surface area contributed by atoms with Gasteiger partial charge in [0, 0.05) is 35.8 Å². The molecular formula is C15H19N3S. The maximum Gasteiger partial charge on any atom is 0.125 e. The molecule has 3 rings (SSSR count). The minimum absolute atomic E-state index is 0.565. The van der Waals surface area contributed by atoms with E-state index in [2.05, 4.69) is 38.4 Å². The summed E-state index contributed by atoms with van der Waals surface area (Å²) in [5, 5.41) is 2.16. The fourth-order valence-corrected chi connectivity index (χ4v) is 3.51. The van der Waals surface area contributed by atoms with Crippen LogP contribution in [-0.2, 0) is 6.54 Å². The van der Waals surface area contributed by atoms with Gasteiger partial charge in [0.05, 0.1) is 0 Å². The van der Waals surface area contributed by atoms with Crippen molar-refractivity contribution in [3.63, 3.8) is 0 Å². The van der Waals surface area contributed by atoms with E-state index in [-0.39, 0.29) is 0 Å². The van der Waals surface area contributed by atoms with Gasteiger partial charge in [0.15, 0.2) is 0 Å². The predicted octanol–water partition coefficient (Wildman–Crippen LogP) is 3.23. The molecule has 0 aromatic carbocycles. The van der Waals surface area contributed by atoms with Gasteiger partial charge in [-0.2, -0.15) is 0 Å². The molecule has 0 bridgehead atoms. The fraction of sp³-hybridized carbons (Fsp3) is 0.467. The number of piperidine rings is 1. The van der Waals surface area contributed by atoms with Gasteiger partial charge in [-0.15, -0.1) is 11.3 Å². The molecule has 1 aliphatic heterocycles. The zero-order chi connectivity index (χ0) is 13.1. The van der Waals surface area contributed by atoms with Crippen LogP contribution in [0.3, 0.4) is 0 Å². The topological polar surface area (TPSA) is 29.0 Å². The summed E-state index contributed by atoms with van der Waals surface area (Å²) < 4.78 is 0. The first-order valence-electron chi connectivity index (χ1n) is 6.85. The van der Waals surface area contributed by atoms with Crippen LogP contribution in [0.15, 0.2) is 29.8 Å². The quantitative estimate of drug-likeness (QED) is 0.859. The molecule has 1 saturated heterocycles. The molecule has 0 amide bonds. The number of aryl methyl sites for hydroxylation is 1. The van der Waals surface area contributed by atoms with Gasteiger partial charge in [-0.25, -0.2) is 9.97 Å². The van der Waals surface area contributed by atoms with Crippen molar-refractivity contribution >= 4 is 11.3 Å². The summed E-state index contributed by atoms with van der Waals surface area (Å²) >= 11 is 1.85. The van der Waals surface area contributed by atoms with Crippen molar-refractivity contribution in [1.82, 2.24) is 14.9 Å². The lowest BCUT2D eigenvalue weighted by Crippen LogP contribution is -2.34. The first kappa shape index (κ1) is 12.8. The van der Waals surface area contributed by atoms with Crippen LogP contribution < -0.4 is 0 Å². The van der Waals surface area contributed by atoms with E-state index < -0.39 is 0 Å². The molecule has 2 aromatic rings. The van der Waals surface area contributed by atoms with Crippen LogP contribution in [0.25, 0.3) is 0 Å². The van der Waals surface area contributed by atoms with Crippen molar-refractivity contribution in [3.05, 3.63) is 46.2 Å². The number of thiophene rings is 1. The highest BCUT2D eigenvalue weighted by atomic mass is 32.1. The SMILES string of the molecule is Cc1nccc([C@H]2CCCN(Cc3cccs3)C2)n1. The summed E-state index contributed by atoms with van der Waals surface area (Å²) in [6.45, 7) is 5.38. The monoisotopic (exact) mass is 273 g/mol. The molecule has 1 fully saturated rings. The number of likely N-dealkylation sites (tertiary alicyclic amines) is 1. The van der Waals surface area contributed by atoms with E-state index in [0.717, 1.165) is 18.9 Å². The number of hydrogen-bond donors (Lipinski definition) is 0. The first-order chi connectivity index (χ1) is 9.31. The Balaban J connectivity index is 1.67. The third-order valence-corrected chi connectivity index (χ3v) is 4.54. The van der Waals surface area contributed by atoms with Gasteiger partial charge in [0.25, 0.3) is 0 Å². The zero-order valence-corrected chi connectivity index (χ0v) is 12.1. The van der Waals surface area contributed by atoms with Crippen molar-refractivity contribution < 1.29 is 0 Å². The predicted molar refractivity (Wildman–Crippen MR) is 78.3 cm³/mol. The molecule has 3 heterocycles. The van der Waals surface area contributed by atoms with Crippen LogP contribution in [0.1, 0.15) is 35.2 Å². The maximum absolute atomic E-state index is 4.59. The van der Waals surface area contributed by atoms with Crippen molar-refractivity contribution in [2.45, 2.75) is 32.2 Å². The molecule has 1 aliphatic rings. The second-order valence-corrected chi connectivity index (χ2v) is 6.21. The van der Waals surface area contributed by atoms with E-state index in [1.807, 2.05) is 24.5 Å². The third-order valence-electron chi connectivity index (χ3n) is 3.68. The molecule has 0 unspecified atom stereocenters. The Morgan fingerprint density at radius 2 is 2.37 bits per heavy atom. The molecule has 19 heavy (non-hydrogen) atoms. The van der Waals surface area contributed by atoms with E-state index in [4.69, 9.17) is 0 Å². The number of hydrogen-bond acceptors (Lipinski definition) is 4. The average Bonchev–Trinajstić information content (AvgIpc) is 2.92. The largest absolute Gasteiger partial charge is 0.298 e. The molecule has 3 nitrogen and oxygen atoms in total. The molecule has 0 aliphatic carbocycles. The Morgan fingerprint density at radius 3 is 3.16 bits per heavy atom. The Kier molecular flexibility index (Phi) is 3.89. The van der Waals surface area contributed by atoms with Crippen molar-refractivity contribution in [3.8, 4) is 0 Å². The number of rotatable bonds is 3. The van der Waals surface area contributed by atoms with Gasteiger partial charge in [-0.3, -0.25) is 4.90 Å². The highest BCUT2D eigenvalue weighted by Crippen LogP contribution is 2.26. The molecule has 0 spiro atoms. The summed E-state index contributed by atoms with van der Waals surface area (Å²) in [6, 6.07) is 6.44. The summed E-state index contributed by atoms with van der Waals surface area (Å²) in [5.74, 6) is 1.45. The Morgan fingerprint density at radius 1 is 1.42 bits per heavy atom. The van der Waals surface area contributed by atoms with Crippen LogP contribution in [0.5, 0.6) is 0 Å². The minimum Gasteiger partial charge on any atom is -0.298 e. The van der Waals surface area contributed by atoms with Crippen LogP contribution in [-0.4, -0.2) is 28.0 Å². The normalized spacial score (nSPS) is 20.6. The molecule has 0 radical (unpaired) electrons. The molecular weight excluding hydrogens is 254 g/mol. The second-order valence-electron chi connectivity index (χ2n) is 5.18. The number of nitrogens with zero attached hydrogens (tertiary/aromatic N) is 3. The van der Waals surface area contributed by atoms with Crippen LogP contribution >= 0.6 is 11.3 Å². The molecule has 100 valence electrons. The van der Waals surface area contributed by atoms with Gasteiger partial charge in [0.1, 0.15) is 5.82 Å². The van der Waals surface area contributed by atoms with Gasteiger partial charge in [-0.05, 0) is 43.8 Å². The van der Waals surface area contributed by atoms with Gasteiger partial charge in [0.2, 0.25) is 0 Å². The Labute approximate surface area is 118 Å². The molecule has 4 heteroatoms. The highest BCUT2D eigenvalue weighted by Gasteiger charge is 2.22. The third kappa shape index (κ3) is 3.19. The number of aromatic nitrogens is 2. The van der Waals surface area contributed by atoms with E-state index in [0.29, 0.717) is 5.92 Å². The van der Waals surface area contributed by atoms with Gasteiger partial charge in [-0.1, -0.05) is 6.07 Å². The zero-order valence-electron chi connectivity index (χ0n) is 11.2. The molecule has 1 atom stereocenters. The molecule has 0 N–H and O–H groups in total. The lowest BCUT2D eigenvalue weighted by atomic mass is 9.94. The van der Waals surface area contributed by atoms with E-state index in [1.165, 1.54) is 30.0 Å². The minimum atomic E-state index is 0.565. The van der Waals surface area contributed by atoms with Crippen molar-refractivity contribution in [2.75, 3.05) is 13.1 Å². The van der Waals surface area contributed by atoms with Gasteiger partial charge < -0.3 is 0 Å². The lowest BCUT2D eigenvalue weighted by molar-refractivity contribution is 0.200. The molecule has 0 saturated carbocycles. The van der Waals surface area contributed by atoms with Crippen LogP contribution in [0.4, 0.5) is 0 Å². The van der Waals surface area contributed by atoms with Crippen LogP contribution in [0.2, 0.25) is 0 Å². The van der Waals surface area contributed by atoms with E-state index in [1.54, 1.807) is 0 Å². The fourth-order valence-electron chi connectivity index (χ4n) is 2.77. The molecule has 2 aromatic heterocycles. The summed E-state index contributed by atoms with van der Waals surface area (Å²) in [7, 11) is 0. The highest BCUT2D eigenvalue weighted by molar-refractivity contribution is 7.09. The summed E-state index contributed by atoms with van der Waals surface area (Å²) in [4.78, 5) is 12.8. The van der Waals surface area contributed by atoms with Gasteiger partial charge >= 0.3 is 0 Å². The average molecular weight is 273 g/mol. The van der Waals surface area contributed by atoms with Crippen molar-refractivity contribution in [2.24, 2.45) is 0 Å². The Hall–Kier alpha value is -1.26. The van der Waals surface area contributed by atoms with Crippen LogP contribution in [0, 0.1) is 6.92 Å². The maximum atomic E-state index is 4.59. The summed E-state index contributed by atoms with van der Waals surface area (Å²) in [5.41, 5.74) is 1.21. The lowest BCUT2D eigenvalue weighted by Gasteiger charge is -2.32. The first-order valence-corrected chi connectivity index (χ1v) is 7.73. The smallest absolute Gasteiger partial charge is 0.125 e. The van der Waals surface area contributed by atoms with Crippen molar-refractivity contribution in [1.29, 1.82) is 0 Å². The van der Waals surface area contributed by atoms with E-state index in [9.17, 15) is 0 Å². The standard InChI is InChI=1S/C15H19N3S/c1-12-16-7-6-15(17-12)13-4-2-8-18(10-13)11-14-5-3-9-19-14/h3,5-7,9,13H,2,4,8,10-11H2,1H3/t13-/m0/s1. The summed E-state index contributed by atoms with van der Waals surface area (Å²) in [6.07, 6.45) is 4.40. The second kappa shape index (κ2) is 5.80. The Bertz CT molecular complexity index is 524. The van der Waals surface area contributed by atoms with E-state index >= 15 is 0 Å².